The number of hydrogen-bond donors (Lipinski definition) is 2. The third-order valence-electron chi connectivity index (χ3n) is 2.73. The van der Waals surface area contributed by atoms with Crippen LogP contribution in [0.5, 0.6) is 0 Å². The number of rotatable bonds is 6. The molecule has 0 saturated carbocycles. The molecule has 0 bridgehead atoms. The van der Waals surface area contributed by atoms with Crippen molar-refractivity contribution in [3.8, 4) is 0 Å². The maximum absolute atomic E-state index is 11.7. The van der Waals surface area contributed by atoms with Crippen LogP contribution < -0.4 is 10.6 Å². The molecule has 104 valence electrons. The van der Waals surface area contributed by atoms with Crippen molar-refractivity contribution in [2.24, 2.45) is 0 Å². The lowest BCUT2D eigenvalue weighted by atomic mass is 10.1. The van der Waals surface area contributed by atoms with E-state index in [0.29, 0.717) is 16.8 Å². The summed E-state index contributed by atoms with van der Waals surface area (Å²) in [6.45, 7) is 4.88. The average molecular weight is 264 g/mol. The van der Waals surface area contributed by atoms with Crippen molar-refractivity contribution in [3.63, 3.8) is 0 Å². The average Bonchev–Trinajstić information content (AvgIpc) is 2.40. The second-order valence-corrected chi connectivity index (χ2v) is 4.19. The lowest BCUT2D eigenvalue weighted by Crippen LogP contribution is -2.28. The predicted molar refractivity (Wildman–Crippen MR) is 74.3 cm³/mol. The van der Waals surface area contributed by atoms with Gasteiger partial charge in [0.1, 0.15) is 0 Å². The van der Waals surface area contributed by atoms with E-state index in [-0.39, 0.29) is 12.5 Å². The normalized spacial score (nSPS) is 10.1. The first-order valence-electron chi connectivity index (χ1n) is 6.28. The number of carbonyl (C=O) groups excluding carboxylic acids is 2. The van der Waals surface area contributed by atoms with Crippen LogP contribution in [0.15, 0.2) is 18.2 Å². The minimum Gasteiger partial charge on any atom is -0.465 e. The molecule has 0 aliphatic rings. The quantitative estimate of drug-likeness (QED) is 0.606. The van der Waals surface area contributed by atoms with Gasteiger partial charge in [-0.3, -0.25) is 4.79 Å². The SMILES string of the molecule is CCCNCC(=O)Nc1cccc(C(=O)OC)c1C. The van der Waals surface area contributed by atoms with E-state index in [1.165, 1.54) is 7.11 Å². The third kappa shape index (κ3) is 4.37. The predicted octanol–water partition coefficient (Wildman–Crippen LogP) is 1.72. The smallest absolute Gasteiger partial charge is 0.338 e. The number of esters is 1. The van der Waals surface area contributed by atoms with Crippen LogP contribution in [0.4, 0.5) is 5.69 Å². The summed E-state index contributed by atoms with van der Waals surface area (Å²) in [5, 5.41) is 5.80. The first-order valence-corrected chi connectivity index (χ1v) is 6.28. The molecule has 0 radical (unpaired) electrons. The van der Waals surface area contributed by atoms with Crippen LogP contribution >= 0.6 is 0 Å². The summed E-state index contributed by atoms with van der Waals surface area (Å²) in [7, 11) is 1.34. The molecule has 19 heavy (non-hydrogen) atoms. The molecular weight excluding hydrogens is 244 g/mol. The van der Waals surface area contributed by atoms with Crippen molar-refractivity contribution in [3.05, 3.63) is 29.3 Å². The van der Waals surface area contributed by atoms with E-state index in [0.717, 1.165) is 13.0 Å². The fourth-order valence-corrected chi connectivity index (χ4v) is 1.68. The Morgan fingerprint density at radius 3 is 2.68 bits per heavy atom. The molecule has 5 heteroatoms. The molecule has 0 unspecified atom stereocenters. The van der Waals surface area contributed by atoms with Gasteiger partial charge >= 0.3 is 5.97 Å². The maximum Gasteiger partial charge on any atom is 0.338 e. The lowest BCUT2D eigenvalue weighted by Gasteiger charge is -2.11. The van der Waals surface area contributed by atoms with E-state index in [1.54, 1.807) is 25.1 Å². The molecule has 0 aliphatic carbocycles. The highest BCUT2D eigenvalue weighted by Gasteiger charge is 2.12. The highest BCUT2D eigenvalue weighted by molar-refractivity contribution is 5.97. The van der Waals surface area contributed by atoms with Crippen LogP contribution in [-0.2, 0) is 9.53 Å². The van der Waals surface area contributed by atoms with Crippen molar-refractivity contribution in [2.75, 3.05) is 25.5 Å². The molecule has 0 saturated heterocycles. The number of anilines is 1. The molecular formula is C14H20N2O3. The number of carbonyl (C=O) groups is 2. The van der Waals surface area contributed by atoms with E-state index in [2.05, 4.69) is 10.6 Å². The van der Waals surface area contributed by atoms with Gasteiger partial charge in [-0.25, -0.2) is 4.79 Å². The Labute approximate surface area is 113 Å². The van der Waals surface area contributed by atoms with Crippen LogP contribution in [0.2, 0.25) is 0 Å². The van der Waals surface area contributed by atoms with Crippen LogP contribution in [0.25, 0.3) is 0 Å². The summed E-state index contributed by atoms with van der Waals surface area (Å²) in [6, 6.07) is 5.15. The van der Waals surface area contributed by atoms with Crippen molar-refractivity contribution in [1.29, 1.82) is 0 Å². The van der Waals surface area contributed by atoms with Gasteiger partial charge < -0.3 is 15.4 Å². The van der Waals surface area contributed by atoms with Gasteiger partial charge in [0.25, 0.3) is 0 Å². The number of nitrogens with one attached hydrogen (secondary N) is 2. The Hall–Kier alpha value is -1.88. The minimum atomic E-state index is -0.405. The van der Waals surface area contributed by atoms with E-state index in [1.807, 2.05) is 6.92 Å². The van der Waals surface area contributed by atoms with Crippen LogP contribution in [0.3, 0.4) is 0 Å². The van der Waals surface area contributed by atoms with Gasteiger partial charge in [-0.15, -0.1) is 0 Å². The highest BCUT2D eigenvalue weighted by atomic mass is 16.5. The molecule has 1 aromatic rings. The van der Waals surface area contributed by atoms with Gasteiger partial charge in [0.05, 0.1) is 19.2 Å². The van der Waals surface area contributed by atoms with Crippen LogP contribution in [0, 0.1) is 6.92 Å². The van der Waals surface area contributed by atoms with Gasteiger partial charge in [0.15, 0.2) is 0 Å². The summed E-state index contributed by atoms with van der Waals surface area (Å²) in [5.74, 6) is -0.531. The van der Waals surface area contributed by atoms with Crippen molar-refractivity contribution >= 4 is 17.6 Å². The van der Waals surface area contributed by atoms with Crippen LogP contribution in [0.1, 0.15) is 29.3 Å². The zero-order valence-corrected chi connectivity index (χ0v) is 11.6. The number of amides is 1. The van der Waals surface area contributed by atoms with Crippen LogP contribution in [-0.4, -0.2) is 32.1 Å². The Balaban J connectivity index is 2.73. The molecule has 1 aromatic carbocycles. The second-order valence-electron chi connectivity index (χ2n) is 4.19. The van der Waals surface area contributed by atoms with Crippen molar-refractivity contribution in [1.82, 2.24) is 5.32 Å². The fraction of sp³-hybridized carbons (Fsp3) is 0.429. The van der Waals surface area contributed by atoms with E-state index >= 15 is 0 Å². The first-order chi connectivity index (χ1) is 9.10. The molecule has 0 aromatic heterocycles. The first kappa shape index (κ1) is 15.2. The zero-order chi connectivity index (χ0) is 14.3. The summed E-state index contributed by atoms with van der Waals surface area (Å²) in [5.41, 5.74) is 1.80. The summed E-state index contributed by atoms with van der Waals surface area (Å²) in [6.07, 6.45) is 0.976. The molecule has 0 heterocycles. The van der Waals surface area contributed by atoms with Gasteiger partial charge in [-0.2, -0.15) is 0 Å². The van der Waals surface area contributed by atoms with Gasteiger partial charge in [0.2, 0.25) is 5.91 Å². The Morgan fingerprint density at radius 2 is 2.05 bits per heavy atom. The number of hydrogen-bond acceptors (Lipinski definition) is 4. The third-order valence-corrected chi connectivity index (χ3v) is 2.73. The van der Waals surface area contributed by atoms with E-state index in [4.69, 9.17) is 4.74 Å². The zero-order valence-electron chi connectivity index (χ0n) is 11.6. The standard InChI is InChI=1S/C14H20N2O3/c1-4-8-15-9-13(17)16-12-7-5-6-11(10(12)2)14(18)19-3/h5-7,15H,4,8-9H2,1-3H3,(H,16,17). The molecule has 1 rings (SSSR count). The van der Waals surface area contributed by atoms with E-state index < -0.39 is 5.97 Å². The fourth-order valence-electron chi connectivity index (χ4n) is 1.68. The second kappa shape index (κ2) is 7.53. The van der Waals surface area contributed by atoms with Crippen molar-refractivity contribution < 1.29 is 14.3 Å². The van der Waals surface area contributed by atoms with E-state index in [9.17, 15) is 9.59 Å². The largest absolute Gasteiger partial charge is 0.465 e. The Morgan fingerprint density at radius 1 is 1.32 bits per heavy atom. The molecule has 5 nitrogen and oxygen atoms in total. The monoisotopic (exact) mass is 264 g/mol. The molecule has 0 aliphatic heterocycles. The summed E-state index contributed by atoms with van der Waals surface area (Å²) >= 11 is 0. The Kier molecular flexibility index (Phi) is 6.02. The highest BCUT2D eigenvalue weighted by Crippen LogP contribution is 2.19. The lowest BCUT2D eigenvalue weighted by molar-refractivity contribution is -0.115. The molecule has 0 atom stereocenters. The molecule has 2 N–H and O–H groups in total. The Bertz CT molecular complexity index is 458. The maximum atomic E-state index is 11.7. The summed E-state index contributed by atoms with van der Waals surface area (Å²) in [4.78, 5) is 23.2. The molecule has 1 amide bonds. The number of benzene rings is 1. The molecule has 0 fully saturated rings. The van der Waals surface area contributed by atoms with Gasteiger partial charge in [0, 0.05) is 5.69 Å². The van der Waals surface area contributed by atoms with Gasteiger partial charge in [-0.05, 0) is 37.6 Å². The topological polar surface area (TPSA) is 67.4 Å². The van der Waals surface area contributed by atoms with Gasteiger partial charge in [-0.1, -0.05) is 13.0 Å². The van der Waals surface area contributed by atoms with Crippen molar-refractivity contribution in [2.45, 2.75) is 20.3 Å². The number of methoxy groups -OCH3 is 1. The summed E-state index contributed by atoms with van der Waals surface area (Å²) < 4.78 is 4.69. The molecule has 0 spiro atoms. The number of ether oxygens (including phenoxy) is 1. The minimum absolute atomic E-state index is 0.126.